The first-order valence-electron chi connectivity index (χ1n) is 23.1. The second-order valence-electron chi connectivity index (χ2n) is 17.7. The van der Waals surface area contributed by atoms with Crippen LogP contribution in [0.25, 0.3) is 132 Å². The van der Waals surface area contributed by atoms with Gasteiger partial charge in [0.15, 0.2) is 0 Å². The van der Waals surface area contributed by atoms with Gasteiger partial charge in [-0.05, 0) is 147 Å². The molecule has 2 nitrogen and oxygen atoms in total. The third kappa shape index (κ3) is 5.92. The summed E-state index contributed by atoms with van der Waals surface area (Å²) in [5.74, 6) is 1.01. The Kier molecular flexibility index (Phi) is 8.76. The number of hydrogen-bond donors (Lipinski definition) is 0. The lowest BCUT2D eigenvalue weighted by atomic mass is 9.84. The number of aryl methyl sites for hydroxylation is 2. The zero-order chi connectivity index (χ0) is 43.9. The Bertz CT molecular complexity index is 4020. The molecular formula is C64H44N2. The van der Waals surface area contributed by atoms with E-state index in [0.29, 0.717) is 0 Å². The molecule has 0 aliphatic carbocycles. The summed E-state index contributed by atoms with van der Waals surface area (Å²) < 4.78 is 2.31. The predicted octanol–water partition coefficient (Wildman–Crippen LogP) is 17.6. The summed E-state index contributed by atoms with van der Waals surface area (Å²) in [7, 11) is 0. The van der Waals surface area contributed by atoms with Crippen LogP contribution in [-0.4, -0.2) is 9.55 Å². The molecule has 0 amide bonds. The monoisotopic (exact) mass is 840 g/mol. The first kappa shape index (κ1) is 38.2. The summed E-state index contributed by atoms with van der Waals surface area (Å²) in [5.41, 5.74) is 14.4. The number of aromatic nitrogens is 2. The van der Waals surface area contributed by atoms with Crippen molar-refractivity contribution in [3.05, 3.63) is 224 Å². The molecule has 13 aromatic rings. The lowest BCUT2D eigenvalue weighted by Crippen LogP contribution is -1.97. The fourth-order valence-corrected chi connectivity index (χ4v) is 11.1. The number of nitrogens with zero attached hydrogens (tertiary/aromatic N) is 2. The van der Waals surface area contributed by atoms with Gasteiger partial charge in [0.05, 0.1) is 11.0 Å². The molecule has 0 fully saturated rings. The Morgan fingerprint density at radius 2 is 0.894 bits per heavy atom. The minimum atomic E-state index is 0.860. The van der Waals surface area contributed by atoms with Crippen molar-refractivity contribution in [3.63, 3.8) is 0 Å². The van der Waals surface area contributed by atoms with Gasteiger partial charge in [-0.3, -0.25) is 0 Å². The lowest BCUT2D eigenvalue weighted by Gasteiger charge is -2.19. The van der Waals surface area contributed by atoms with Gasteiger partial charge in [-0.2, -0.15) is 0 Å². The molecule has 13 rings (SSSR count). The molecule has 66 heavy (non-hydrogen) atoms. The summed E-state index contributed by atoms with van der Waals surface area (Å²) in [4.78, 5) is 5.14. The van der Waals surface area contributed by atoms with Crippen LogP contribution in [0.1, 0.15) is 12.5 Å². The lowest BCUT2D eigenvalue weighted by molar-refractivity contribution is 0.796. The Morgan fingerprint density at radius 1 is 0.364 bits per heavy atom. The minimum Gasteiger partial charge on any atom is -0.324 e. The quantitative estimate of drug-likeness (QED) is 0.120. The van der Waals surface area contributed by atoms with E-state index in [9.17, 15) is 0 Å². The van der Waals surface area contributed by atoms with E-state index in [1.165, 1.54) is 109 Å². The molecule has 0 saturated heterocycles. The highest BCUT2D eigenvalue weighted by Crippen LogP contribution is 2.46. The van der Waals surface area contributed by atoms with Gasteiger partial charge in [0.25, 0.3) is 0 Å². The van der Waals surface area contributed by atoms with E-state index in [1.807, 2.05) is 0 Å². The van der Waals surface area contributed by atoms with Crippen LogP contribution in [0.5, 0.6) is 0 Å². The molecule has 0 bridgehead atoms. The van der Waals surface area contributed by atoms with Crippen molar-refractivity contribution in [2.75, 3.05) is 0 Å². The fourth-order valence-electron chi connectivity index (χ4n) is 11.1. The SMILES string of the molecule is CCn1c(-c2ccccc2)nc2cc(-c3ccc(-c4c5ccccc5c(-c5ccc6c(ccc7cccc(-c8cccc9ccc%10cccc(C)c%10c89)c76)c5)c5ccccc45)cc3)ccc21. The molecule has 0 aliphatic heterocycles. The van der Waals surface area contributed by atoms with E-state index in [1.54, 1.807) is 0 Å². The summed E-state index contributed by atoms with van der Waals surface area (Å²) in [6, 6.07) is 80.8. The normalized spacial score (nSPS) is 11.8. The van der Waals surface area contributed by atoms with Gasteiger partial charge in [0.1, 0.15) is 5.82 Å². The largest absolute Gasteiger partial charge is 0.324 e. The number of benzene rings is 12. The molecule has 0 N–H and O–H groups in total. The van der Waals surface area contributed by atoms with Gasteiger partial charge in [0, 0.05) is 12.1 Å². The highest BCUT2D eigenvalue weighted by atomic mass is 15.1. The summed E-state index contributed by atoms with van der Waals surface area (Å²) in [6.45, 7) is 5.29. The van der Waals surface area contributed by atoms with Crippen molar-refractivity contribution in [1.82, 2.24) is 9.55 Å². The van der Waals surface area contributed by atoms with E-state index in [0.717, 1.165) is 34.5 Å². The molecule has 12 aromatic carbocycles. The second-order valence-corrected chi connectivity index (χ2v) is 17.7. The molecule has 1 aromatic heterocycles. The van der Waals surface area contributed by atoms with Gasteiger partial charge in [0.2, 0.25) is 0 Å². The molecular weight excluding hydrogens is 797 g/mol. The van der Waals surface area contributed by atoms with Crippen molar-refractivity contribution in [2.45, 2.75) is 20.4 Å². The Hall–Kier alpha value is -8.33. The van der Waals surface area contributed by atoms with Crippen molar-refractivity contribution in [3.8, 4) is 55.9 Å². The van der Waals surface area contributed by atoms with Gasteiger partial charge >= 0.3 is 0 Å². The first-order valence-corrected chi connectivity index (χ1v) is 23.1. The van der Waals surface area contributed by atoms with Crippen LogP contribution >= 0.6 is 0 Å². The molecule has 0 radical (unpaired) electrons. The van der Waals surface area contributed by atoms with E-state index < -0.39 is 0 Å². The van der Waals surface area contributed by atoms with Crippen LogP contribution in [-0.2, 0) is 6.54 Å². The Balaban J connectivity index is 0.939. The topological polar surface area (TPSA) is 17.8 Å². The van der Waals surface area contributed by atoms with Crippen molar-refractivity contribution in [2.24, 2.45) is 0 Å². The van der Waals surface area contributed by atoms with Crippen LogP contribution in [0.2, 0.25) is 0 Å². The number of imidazole rings is 1. The van der Waals surface area contributed by atoms with E-state index >= 15 is 0 Å². The molecule has 2 heteroatoms. The predicted molar refractivity (Wildman–Crippen MR) is 282 cm³/mol. The number of rotatable bonds is 6. The van der Waals surface area contributed by atoms with Gasteiger partial charge in [-0.25, -0.2) is 4.98 Å². The second kappa shape index (κ2) is 15.1. The summed E-state index contributed by atoms with van der Waals surface area (Å²) in [5, 5.41) is 15.2. The van der Waals surface area contributed by atoms with Crippen LogP contribution < -0.4 is 0 Å². The third-order valence-corrected chi connectivity index (χ3v) is 14.1. The molecule has 0 saturated carbocycles. The summed E-state index contributed by atoms with van der Waals surface area (Å²) >= 11 is 0. The maximum absolute atomic E-state index is 5.14. The van der Waals surface area contributed by atoms with E-state index in [2.05, 4.69) is 237 Å². The maximum atomic E-state index is 5.14. The van der Waals surface area contributed by atoms with Gasteiger partial charge in [-0.15, -0.1) is 0 Å². The highest BCUT2D eigenvalue weighted by Gasteiger charge is 2.19. The van der Waals surface area contributed by atoms with Crippen molar-refractivity contribution < 1.29 is 0 Å². The van der Waals surface area contributed by atoms with Gasteiger partial charge < -0.3 is 4.57 Å². The molecule has 0 aliphatic rings. The molecule has 0 spiro atoms. The minimum absolute atomic E-state index is 0.860. The van der Waals surface area contributed by atoms with Crippen LogP contribution in [0.15, 0.2) is 218 Å². The zero-order valence-electron chi connectivity index (χ0n) is 36.9. The highest BCUT2D eigenvalue weighted by molar-refractivity contribution is 6.24. The zero-order valence-corrected chi connectivity index (χ0v) is 36.9. The van der Waals surface area contributed by atoms with Crippen LogP contribution in [0, 0.1) is 6.92 Å². The molecule has 1 heterocycles. The Labute approximate surface area is 383 Å². The fraction of sp³-hybridized carbons (Fsp3) is 0.0469. The molecule has 310 valence electrons. The number of hydrogen-bond acceptors (Lipinski definition) is 1. The average Bonchev–Trinajstić information content (AvgIpc) is 3.76. The van der Waals surface area contributed by atoms with E-state index in [4.69, 9.17) is 4.98 Å². The van der Waals surface area contributed by atoms with Crippen molar-refractivity contribution in [1.29, 1.82) is 0 Å². The maximum Gasteiger partial charge on any atom is 0.141 e. The van der Waals surface area contributed by atoms with Crippen LogP contribution in [0.3, 0.4) is 0 Å². The Morgan fingerprint density at radius 3 is 1.56 bits per heavy atom. The standard InChI is InChI=1S/C64H44N2/c1-3-66-58-37-35-47(39-57(58)65-64(66)46-15-5-4-6-16-46)41-26-28-45(29-27-41)61-51-20-7-9-22-53(51)62(54-23-10-8-21-52(54)61)49-34-36-50-48(38-49)33-32-43-18-12-24-55(60(43)50)56-25-13-19-44-31-30-42-17-11-14-40(2)59(42)63(44)56/h4-39H,3H2,1-2H3. The number of fused-ring (bicyclic) bond motifs is 9. The first-order chi connectivity index (χ1) is 32.6. The summed E-state index contributed by atoms with van der Waals surface area (Å²) in [6.07, 6.45) is 0. The van der Waals surface area contributed by atoms with Crippen molar-refractivity contribution >= 4 is 75.7 Å². The van der Waals surface area contributed by atoms with Crippen LogP contribution in [0.4, 0.5) is 0 Å². The average molecular weight is 841 g/mol. The smallest absolute Gasteiger partial charge is 0.141 e. The van der Waals surface area contributed by atoms with Gasteiger partial charge in [-0.1, -0.05) is 200 Å². The van der Waals surface area contributed by atoms with E-state index in [-0.39, 0.29) is 0 Å². The molecule has 0 atom stereocenters. The molecule has 0 unspecified atom stereocenters. The third-order valence-electron chi connectivity index (χ3n) is 14.1.